The molecular formula is C21H34O7. The topological polar surface area (TPSA) is 88.1 Å². The highest BCUT2D eigenvalue weighted by molar-refractivity contribution is 5.69. The van der Waals surface area contributed by atoms with Crippen molar-refractivity contribution in [1.82, 2.24) is 0 Å². The molecule has 0 aromatic heterocycles. The molecule has 2 unspecified atom stereocenters. The Labute approximate surface area is 167 Å². The molecule has 1 aliphatic carbocycles. The van der Waals surface area contributed by atoms with Gasteiger partial charge in [0.05, 0.1) is 13.2 Å². The van der Waals surface area contributed by atoms with E-state index in [1.165, 1.54) is 14.0 Å². The quantitative estimate of drug-likeness (QED) is 0.300. The number of unbranched alkanes of at least 4 members (excludes halogenated alkanes) is 3. The van der Waals surface area contributed by atoms with Crippen LogP contribution >= 0.6 is 0 Å². The van der Waals surface area contributed by atoms with E-state index in [0.29, 0.717) is 19.4 Å². The monoisotopic (exact) mass is 398 g/mol. The Morgan fingerprint density at radius 1 is 1.11 bits per heavy atom. The Morgan fingerprint density at radius 3 is 2.54 bits per heavy atom. The first kappa shape index (κ1) is 22.8. The van der Waals surface area contributed by atoms with Gasteiger partial charge in [-0.3, -0.25) is 9.59 Å². The molecule has 1 saturated carbocycles. The van der Waals surface area contributed by atoms with Gasteiger partial charge in [-0.1, -0.05) is 19.3 Å². The van der Waals surface area contributed by atoms with Gasteiger partial charge in [-0.15, -0.1) is 0 Å². The van der Waals surface area contributed by atoms with Crippen LogP contribution in [0.2, 0.25) is 0 Å². The van der Waals surface area contributed by atoms with Crippen LogP contribution in [0, 0.1) is 11.8 Å². The Morgan fingerprint density at radius 2 is 1.89 bits per heavy atom. The molecule has 0 amide bonds. The highest BCUT2D eigenvalue weighted by Crippen LogP contribution is 2.39. The van der Waals surface area contributed by atoms with Crippen molar-refractivity contribution < 1.29 is 33.3 Å². The molecular weight excluding hydrogens is 364 g/mol. The molecule has 28 heavy (non-hydrogen) atoms. The van der Waals surface area contributed by atoms with Crippen LogP contribution in [0.5, 0.6) is 0 Å². The lowest BCUT2D eigenvalue weighted by atomic mass is 9.89. The lowest BCUT2D eigenvalue weighted by Gasteiger charge is -2.28. The van der Waals surface area contributed by atoms with Crippen molar-refractivity contribution in [3.05, 3.63) is 0 Å². The van der Waals surface area contributed by atoms with Gasteiger partial charge in [-0.25, -0.2) is 0 Å². The first-order chi connectivity index (χ1) is 13.5. The molecule has 0 bridgehead atoms. The van der Waals surface area contributed by atoms with E-state index < -0.39 is 0 Å². The van der Waals surface area contributed by atoms with Gasteiger partial charge >= 0.3 is 11.9 Å². The van der Waals surface area contributed by atoms with Crippen LogP contribution in [0.4, 0.5) is 0 Å². The largest absolute Gasteiger partial charge is 0.469 e. The van der Waals surface area contributed by atoms with Crippen LogP contribution in [0.3, 0.4) is 0 Å². The molecule has 1 heterocycles. The van der Waals surface area contributed by atoms with Gasteiger partial charge in [0.2, 0.25) is 0 Å². The van der Waals surface area contributed by atoms with Gasteiger partial charge in [0.25, 0.3) is 0 Å². The summed E-state index contributed by atoms with van der Waals surface area (Å²) >= 11 is 0. The summed E-state index contributed by atoms with van der Waals surface area (Å²) in [5.74, 6) is -0.829. The predicted octanol–water partition coefficient (Wildman–Crippen LogP) is 3.18. The van der Waals surface area contributed by atoms with Gasteiger partial charge in [0.15, 0.2) is 6.29 Å². The summed E-state index contributed by atoms with van der Waals surface area (Å²) in [6.07, 6.45) is 8.44. The Hall–Kier alpha value is -1.47. The first-order valence-electron chi connectivity index (χ1n) is 10.5. The van der Waals surface area contributed by atoms with E-state index in [9.17, 15) is 14.4 Å². The van der Waals surface area contributed by atoms with Crippen molar-refractivity contribution >= 4 is 18.2 Å². The van der Waals surface area contributed by atoms with Crippen molar-refractivity contribution in [1.29, 1.82) is 0 Å². The van der Waals surface area contributed by atoms with E-state index in [1.54, 1.807) is 0 Å². The number of carbonyl (C=O) groups is 3. The average molecular weight is 398 g/mol. The molecule has 2 aliphatic rings. The van der Waals surface area contributed by atoms with E-state index >= 15 is 0 Å². The second-order valence-corrected chi connectivity index (χ2v) is 7.76. The van der Waals surface area contributed by atoms with Gasteiger partial charge < -0.3 is 23.7 Å². The summed E-state index contributed by atoms with van der Waals surface area (Å²) < 4.78 is 21.9. The smallest absolute Gasteiger partial charge is 0.305 e. The van der Waals surface area contributed by atoms with Crippen LogP contribution in [0.15, 0.2) is 0 Å². The zero-order chi connectivity index (χ0) is 20.4. The third-order valence-corrected chi connectivity index (χ3v) is 5.70. The maximum absolute atomic E-state index is 11.8. The van der Waals surface area contributed by atoms with Gasteiger partial charge in [-0.2, -0.15) is 0 Å². The number of hydrogen-bond donors (Lipinski definition) is 0. The van der Waals surface area contributed by atoms with E-state index in [0.717, 1.165) is 57.7 Å². The molecule has 0 radical (unpaired) electrons. The minimum Gasteiger partial charge on any atom is -0.469 e. The molecule has 2 rings (SSSR count). The summed E-state index contributed by atoms with van der Waals surface area (Å²) in [6, 6.07) is 0. The maximum Gasteiger partial charge on any atom is 0.305 e. The van der Waals surface area contributed by atoms with Gasteiger partial charge in [0, 0.05) is 38.2 Å². The molecule has 1 saturated heterocycles. The number of ether oxygens (including phenoxy) is 4. The zero-order valence-corrected chi connectivity index (χ0v) is 17.1. The number of aldehydes is 1. The summed E-state index contributed by atoms with van der Waals surface area (Å²) in [4.78, 5) is 34.5. The third-order valence-electron chi connectivity index (χ3n) is 5.70. The molecule has 7 nitrogen and oxygen atoms in total. The van der Waals surface area contributed by atoms with Gasteiger partial charge in [0.1, 0.15) is 12.4 Å². The molecule has 0 aromatic carbocycles. The van der Waals surface area contributed by atoms with Crippen molar-refractivity contribution in [3.63, 3.8) is 0 Å². The predicted molar refractivity (Wildman–Crippen MR) is 101 cm³/mol. The fraction of sp³-hybridized carbons (Fsp3) is 0.857. The highest BCUT2D eigenvalue weighted by Gasteiger charge is 2.46. The molecule has 160 valence electrons. The van der Waals surface area contributed by atoms with E-state index in [4.69, 9.17) is 14.2 Å². The molecule has 0 aromatic rings. The molecule has 0 N–H and O–H groups in total. The van der Waals surface area contributed by atoms with Crippen molar-refractivity contribution in [2.45, 2.75) is 89.6 Å². The second-order valence-electron chi connectivity index (χ2n) is 7.76. The van der Waals surface area contributed by atoms with Crippen molar-refractivity contribution in [3.8, 4) is 0 Å². The lowest BCUT2D eigenvalue weighted by molar-refractivity contribution is -0.195. The SMILES string of the molecule is COC(=O)CCCCCC[C@H]1C(OC(C)=O)C[C@@H](OC2CCCCO2)[C@@H]1C=O. The van der Waals surface area contributed by atoms with Crippen molar-refractivity contribution in [2.75, 3.05) is 13.7 Å². The van der Waals surface area contributed by atoms with E-state index in [-0.39, 0.29) is 42.3 Å². The first-order valence-corrected chi connectivity index (χ1v) is 10.5. The summed E-state index contributed by atoms with van der Waals surface area (Å²) in [6.45, 7) is 2.09. The second kappa shape index (κ2) is 12.2. The van der Waals surface area contributed by atoms with Crippen LogP contribution in [-0.2, 0) is 33.3 Å². The Kier molecular flexibility index (Phi) is 9.92. The molecule has 7 heteroatoms. The zero-order valence-electron chi connectivity index (χ0n) is 17.1. The molecule has 0 spiro atoms. The summed E-state index contributed by atoms with van der Waals surface area (Å²) in [5.41, 5.74) is 0. The Bertz CT molecular complexity index is 501. The number of rotatable bonds is 11. The average Bonchev–Trinajstić information content (AvgIpc) is 3.00. The lowest BCUT2D eigenvalue weighted by Crippen LogP contribution is -2.32. The Balaban J connectivity index is 1.85. The number of esters is 2. The van der Waals surface area contributed by atoms with Crippen LogP contribution in [-0.4, -0.2) is 50.4 Å². The standard InChI is InChI=1S/C21H34O7/c1-15(23)27-18-13-19(28-21-11-7-8-12-26-21)17(14-22)16(18)9-5-3-4-6-10-20(24)25-2/h14,16-19,21H,3-13H2,1-2H3/t16-,17-,18?,19-,21?/m1/s1. The van der Waals surface area contributed by atoms with Crippen LogP contribution < -0.4 is 0 Å². The maximum atomic E-state index is 11.8. The highest BCUT2D eigenvalue weighted by atomic mass is 16.7. The fourth-order valence-corrected chi connectivity index (χ4v) is 4.26. The number of methoxy groups -OCH3 is 1. The van der Waals surface area contributed by atoms with Gasteiger partial charge in [-0.05, 0) is 32.1 Å². The summed E-state index contributed by atoms with van der Waals surface area (Å²) in [5, 5.41) is 0. The fourth-order valence-electron chi connectivity index (χ4n) is 4.26. The number of carbonyl (C=O) groups excluding carboxylic acids is 3. The van der Waals surface area contributed by atoms with E-state index in [2.05, 4.69) is 4.74 Å². The third kappa shape index (κ3) is 7.17. The number of hydrogen-bond acceptors (Lipinski definition) is 7. The minimum absolute atomic E-state index is 0.0319. The molecule has 1 aliphatic heterocycles. The van der Waals surface area contributed by atoms with Crippen LogP contribution in [0.1, 0.15) is 71.1 Å². The van der Waals surface area contributed by atoms with Crippen LogP contribution in [0.25, 0.3) is 0 Å². The molecule has 5 atom stereocenters. The normalized spacial score (nSPS) is 30.0. The van der Waals surface area contributed by atoms with Crippen molar-refractivity contribution in [2.24, 2.45) is 11.8 Å². The minimum atomic E-state index is -0.327. The van der Waals surface area contributed by atoms with E-state index in [1.807, 2.05) is 0 Å². The summed E-state index contributed by atoms with van der Waals surface area (Å²) in [7, 11) is 1.40. The molecule has 2 fully saturated rings.